The van der Waals surface area contributed by atoms with Crippen LogP contribution in [0.4, 0.5) is 0 Å². The van der Waals surface area contributed by atoms with Gasteiger partial charge in [0.25, 0.3) is 0 Å². The smallest absolute Gasteiger partial charge is 0.246 e. The number of amides is 1. The summed E-state index contributed by atoms with van der Waals surface area (Å²) in [4.78, 5) is 13.1. The summed E-state index contributed by atoms with van der Waals surface area (Å²) < 4.78 is 5.27. The Morgan fingerprint density at radius 2 is 2.12 bits per heavy atom. The second kappa shape index (κ2) is 5.35. The van der Waals surface area contributed by atoms with Gasteiger partial charge in [0.2, 0.25) is 5.91 Å². The zero-order chi connectivity index (χ0) is 12.1. The van der Waals surface area contributed by atoms with Crippen molar-refractivity contribution in [3.8, 4) is 5.75 Å². The Morgan fingerprint density at radius 1 is 1.50 bits per heavy atom. The molecule has 0 aliphatic carbocycles. The van der Waals surface area contributed by atoms with E-state index in [0.717, 1.165) is 11.3 Å². The highest BCUT2D eigenvalue weighted by molar-refractivity contribution is 5.87. The van der Waals surface area contributed by atoms with E-state index in [1.165, 1.54) is 6.08 Å². The number of carbonyl (C=O) groups excluding carboxylic acids is 1. The Kier molecular flexibility index (Phi) is 4.11. The standard InChI is InChI=1S/C13H17NO2/c1-5-13(15)14(3)10(2)11-8-6-7-9-12(11)16-4/h5-10H,1H2,2-4H3/t10-/m1/s1. The van der Waals surface area contributed by atoms with Gasteiger partial charge in [0.05, 0.1) is 13.2 Å². The van der Waals surface area contributed by atoms with E-state index in [2.05, 4.69) is 6.58 Å². The van der Waals surface area contributed by atoms with Crippen molar-refractivity contribution in [3.63, 3.8) is 0 Å². The van der Waals surface area contributed by atoms with Gasteiger partial charge in [0.1, 0.15) is 5.75 Å². The maximum atomic E-state index is 11.5. The molecular formula is C13H17NO2. The van der Waals surface area contributed by atoms with Crippen LogP contribution in [0.25, 0.3) is 0 Å². The second-order valence-electron chi connectivity index (χ2n) is 3.57. The molecule has 0 aliphatic rings. The van der Waals surface area contributed by atoms with Gasteiger partial charge in [-0.25, -0.2) is 0 Å². The lowest BCUT2D eigenvalue weighted by atomic mass is 10.1. The average molecular weight is 219 g/mol. The predicted molar refractivity (Wildman–Crippen MR) is 64.4 cm³/mol. The van der Waals surface area contributed by atoms with Crippen LogP contribution in [-0.2, 0) is 4.79 Å². The molecule has 0 radical (unpaired) electrons. The Bertz CT molecular complexity index is 387. The summed E-state index contributed by atoms with van der Waals surface area (Å²) in [6.45, 7) is 5.44. The zero-order valence-corrected chi connectivity index (χ0v) is 9.93. The minimum absolute atomic E-state index is 0.0401. The molecule has 0 bridgehead atoms. The third-order valence-corrected chi connectivity index (χ3v) is 2.69. The Hall–Kier alpha value is -1.77. The summed E-state index contributed by atoms with van der Waals surface area (Å²) >= 11 is 0. The van der Waals surface area contributed by atoms with Crippen molar-refractivity contribution < 1.29 is 9.53 Å². The predicted octanol–water partition coefficient (Wildman–Crippen LogP) is 2.40. The summed E-state index contributed by atoms with van der Waals surface area (Å²) in [5.41, 5.74) is 0.989. The molecule has 1 rings (SSSR count). The molecule has 0 fully saturated rings. The molecule has 1 atom stereocenters. The zero-order valence-electron chi connectivity index (χ0n) is 9.93. The fourth-order valence-corrected chi connectivity index (χ4v) is 1.56. The van der Waals surface area contributed by atoms with Crippen molar-refractivity contribution in [3.05, 3.63) is 42.5 Å². The molecule has 1 amide bonds. The van der Waals surface area contributed by atoms with E-state index in [1.54, 1.807) is 19.1 Å². The summed E-state index contributed by atoms with van der Waals surface area (Å²) in [5.74, 6) is 0.692. The highest BCUT2D eigenvalue weighted by Crippen LogP contribution is 2.27. The number of hydrogen-bond donors (Lipinski definition) is 0. The molecule has 0 N–H and O–H groups in total. The van der Waals surface area contributed by atoms with Crippen LogP contribution in [-0.4, -0.2) is 25.0 Å². The number of ether oxygens (including phenoxy) is 1. The van der Waals surface area contributed by atoms with Gasteiger partial charge < -0.3 is 9.64 Å². The molecule has 0 saturated carbocycles. The van der Waals surface area contributed by atoms with Crippen LogP contribution >= 0.6 is 0 Å². The fourth-order valence-electron chi connectivity index (χ4n) is 1.56. The van der Waals surface area contributed by atoms with Gasteiger partial charge in [-0.2, -0.15) is 0 Å². The molecule has 3 nitrogen and oxygen atoms in total. The van der Waals surface area contributed by atoms with Gasteiger partial charge >= 0.3 is 0 Å². The van der Waals surface area contributed by atoms with Crippen molar-refractivity contribution in [1.82, 2.24) is 4.90 Å². The topological polar surface area (TPSA) is 29.5 Å². The van der Waals surface area contributed by atoms with Crippen LogP contribution in [0.2, 0.25) is 0 Å². The summed E-state index contributed by atoms with van der Waals surface area (Å²) in [5, 5.41) is 0. The summed E-state index contributed by atoms with van der Waals surface area (Å²) in [6, 6.07) is 7.64. The number of benzene rings is 1. The SMILES string of the molecule is C=CC(=O)N(C)[C@H](C)c1ccccc1OC. The van der Waals surface area contributed by atoms with Crippen molar-refractivity contribution in [2.45, 2.75) is 13.0 Å². The maximum Gasteiger partial charge on any atom is 0.246 e. The molecule has 1 aromatic carbocycles. The first kappa shape index (κ1) is 12.3. The molecule has 0 heterocycles. The molecular weight excluding hydrogens is 202 g/mol. The lowest BCUT2D eigenvalue weighted by Crippen LogP contribution is -2.28. The monoisotopic (exact) mass is 219 g/mol. The van der Waals surface area contributed by atoms with Crippen molar-refractivity contribution in [2.24, 2.45) is 0 Å². The molecule has 0 saturated heterocycles. The van der Waals surface area contributed by atoms with Gasteiger partial charge in [-0.15, -0.1) is 0 Å². The van der Waals surface area contributed by atoms with E-state index >= 15 is 0 Å². The van der Waals surface area contributed by atoms with E-state index in [9.17, 15) is 4.79 Å². The van der Waals surface area contributed by atoms with Crippen molar-refractivity contribution in [1.29, 1.82) is 0 Å². The molecule has 0 aliphatic heterocycles. The molecule has 3 heteroatoms. The highest BCUT2D eigenvalue weighted by Gasteiger charge is 2.17. The van der Waals surface area contributed by atoms with Gasteiger partial charge in [0.15, 0.2) is 0 Å². The van der Waals surface area contributed by atoms with Crippen molar-refractivity contribution in [2.75, 3.05) is 14.2 Å². The van der Waals surface area contributed by atoms with E-state index in [0.29, 0.717) is 0 Å². The lowest BCUT2D eigenvalue weighted by molar-refractivity contribution is -0.126. The molecule has 1 aromatic rings. The third kappa shape index (κ3) is 2.42. The minimum Gasteiger partial charge on any atom is -0.496 e. The van der Waals surface area contributed by atoms with Crippen LogP contribution in [0.15, 0.2) is 36.9 Å². The maximum absolute atomic E-state index is 11.5. The molecule has 0 aromatic heterocycles. The fraction of sp³-hybridized carbons (Fsp3) is 0.308. The van der Waals surface area contributed by atoms with Gasteiger partial charge in [-0.05, 0) is 19.1 Å². The first-order valence-corrected chi connectivity index (χ1v) is 5.14. The lowest BCUT2D eigenvalue weighted by Gasteiger charge is -2.25. The Balaban J connectivity index is 2.99. The van der Waals surface area contributed by atoms with Crippen LogP contribution in [0.5, 0.6) is 5.75 Å². The Morgan fingerprint density at radius 3 is 2.69 bits per heavy atom. The van der Waals surface area contributed by atoms with E-state index in [4.69, 9.17) is 4.74 Å². The first-order chi connectivity index (χ1) is 7.61. The first-order valence-electron chi connectivity index (χ1n) is 5.14. The number of methoxy groups -OCH3 is 1. The molecule has 0 unspecified atom stereocenters. The molecule has 86 valence electrons. The van der Waals surface area contributed by atoms with Gasteiger partial charge in [-0.1, -0.05) is 24.8 Å². The number of likely N-dealkylation sites (N-methyl/N-ethyl adjacent to an activating group) is 1. The number of carbonyl (C=O) groups is 1. The highest BCUT2D eigenvalue weighted by atomic mass is 16.5. The Labute approximate surface area is 96.3 Å². The van der Waals surface area contributed by atoms with Crippen molar-refractivity contribution >= 4 is 5.91 Å². The molecule has 16 heavy (non-hydrogen) atoms. The number of para-hydroxylation sites is 1. The van der Waals surface area contributed by atoms with E-state index < -0.39 is 0 Å². The largest absolute Gasteiger partial charge is 0.496 e. The molecule has 0 spiro atoms. The quantitative estimate of drug-likeness (QED) is 0.728. The van der Waals surface area contributed by atoms with Crippen LogP contribution in [0, 0.1) is 0 Å². The minimum atomic E-state index is -0.0987. The van der Waals surface area contributed by atoms with Crippen LogP contribution in [0.1, 0.15) is 18.5 Å². The van der Waals surface area contributed by atoms with Gasteiger partial charge in [-0.3, -0.25) is 4.79 Å². The van der Waals surface area contributed by atoms with E-state index in [1.807, 2.05) is 31.2 Å². The third-order valence-electron chi connectivity index (χ3n) is 2.69. The van der Waals surface area contributed by atoms with E-state index in [-0.39, 0.29) is 11.9 Å². The summed E-state index contributed by atoms with van der Waals surface area (Å²) in [6.07, 6.45) is 1.31. The van der Waals surface area contributed by atoms with Crippen LogP contribution in [0.3, 0.4) is 0 Å². The number of nitrogens with zero attached hydrogens (tertiary/aromatic N) is 1. The second-order valence-corrected chi connectivity index (χ2v) is 3.57. The van der Waals surface area contributed by atoms with Gasteiger partial charge in [0, 0.05) is 12.6 Å². The number of rotatable bonds is 4. The van der Waals surface area contributed by atoms with Crippen LogP contribution < -0.4 is 4.74 Å². The summed E-state index contributed by atoms with van der Waals surface area (Å²) in [7, 11) is 3.38. The average Bonchev–Trinajstić information content (AvgIpc) is 2.35. The number of hydrogen-bond acceptors (Lipinski definition) is 2. The normalized spacial score (nSPS) is 11.7.